The summed E-state index contributed by atoms with van der Waals surface area (Å²) in [6.45, 7) is 1.99. The molecule has 3 nitrogen and oxygen atoms in total. The van der Waals surface area contributed by atoms with Gasteiger partial charge in [0.1, 0.15) is 5.82 Å². The highest BCUT2D eigenvalue weighted by atomic mass is 32.2. The van der Waals surface area contributed by atoms with E-state index in [9.17, 15) is 18.0 Å². The molecule has 1 aromatic heterocycles. The standard InChI is InChI=1S/C14H13F3N2OS/c1-2-21-8-11-7-12(20)19-13(18-11)9-3-5-10(6-4-9)14(15,16)17/h3-7H,2,8H2,1H3,(H,18,19,20). The first-order valence-electron chi connectivity index (χ1n) is 6.26. The second kappa shape index (κ2) is 6.34. The number of alkyl halides is 3. The molecule has 112 valence electrons. The summed E-state index contributed by atoms with van der Waals surface area (Å²) in [7, 11) is 0. The summed E-state index contributed by atoms with van der Waals surface area (Å²) < 4.78 is 37.5. The van der Waals surface area contributed by atoms with Crippen molar-refractivity contribution in [3.8, 4) is 11.4 Å². The lowest BCUT2D eigenvalue weighted by molar-refractivity contribution is -0.137. The minimum absolute atomic E-state index is 0.280. The van der Waals surface area contributed by atoms with Gasteiger partial charge in [0.05, 0.1) is 11.3 Å². The Bertz CT molecular complexity index is 665. The van der Waals surface area contributed by atoms with Gasteiger partial charge in [-0.05, 0) is 17.9 Å². The van der Waals surface area contributed by atoms with Gasteiger partial charge >= 0.3 is 6.18 Å². The number of nitrogens with one attached hydrogen (secondary N) is 1. The molecule has 1 N–H and O–H groups in total. The topological polar surface area (TPSA) is 45.8 Å². The van der Waals surface area contributed by atoms with E-state index in [-0.39, 0.29) is 11.4 Å². The third-order valence-electron chi connectivity index (χ3n) is 2.73. The highest BCUT2D eigenvalue weighted by Crippen LogP contribution is 2.30. The maximum atomic E-state index is 12.5. The molecule has 7 heteroatoms. The van der Waals surface area contributed by atoms with Crippen LogP contribution < -0.4 is 5.56 Å². The average Bonchev–Trinajstić information content (AvgIpc) is 2.44. The van der Waals surface area contributed by atoms with E-state index in [1.165, 1.54) is 18.2 Å². The van der Waals surface area contributed by atoms with E-state index in [4.69, 9.17) is 0 Å². The Labute approximate surface area is 123 Å². The molecule has 0 fully saturated rings. The zero-order valence-electron chi connectivity index (χ0n) is 11.2. The van der Waals surface area contributed by atoms with Gasteiger partial charge in [0.15, 0.2) is 0 Å². The molecule has 0 saturated carbocycles. The normalized spacial score (nSPS) is 11.6. The van der Waals surface area contributed by atoms with Crippen LogP contribution in [0.25, 0.3) is 11.4 Å². The van der Waals surface area contributed by atoms with E-state index < -0.39 is 11.7 Å². The number of thioether (sulfide) groups is 1. The van der Waals surface area contributed by atoms with Crippen molar-refractivity contribution in [1.82, 2.24) is 9.97 Å². The maximum Gasteiger partial charge on any atom is 0.416 e. The minimum Gasteiger partial charge on any atom is -0.307 e. The van der Waals surface area contributed by atoms with Crippen LogP contribution in [0.1, 0.15) is 18.2 Å². The molecule has 0 atom stereocenters. The average molecular weight is 314 g/mol. The molecule has 0 aliphatic rings. The zero-order chi connectivity index (χ0) is 15.5. The number of benzene rings is 1. The Hall–Kier alpha value is -1.76. The van der Waals surface area contributed by atoms with Gasteiger partial charge in [-0.2, -0.15) is 24.9 Å². The smallest absolute Gasteiger partial charge is 0.307 e. The van der Waals surface area contributed by atoms with E-state index in [1.807, 2.05) is 6.92 Å². The summed E-state index contributed by atoms with van der Waals surface area (Å²) >= 11 is 1.62. The highest BCUT2D eigenvalue weighted by molar-refractivity contribution is 7.98. The number of rotatable bonds is 4. The van der Waals surface area contributed by atoms with Crippen LogP contribution in [0.4, 0.5) is 13.2 Å². The first kappa shape index (κ1) is 15.6. The Balaban J connectivity index is 2.33. The lowest BCUT2D eigenvalue weighted by atomic mass is 10.1. The molecule has 0 unspecified atom stereocenters. The monoisotopic (exact) mass is 314 g/mol. The van der Waals surface area contributed by atoms with Crippen LogP contribution in [0.15, 0.2) is 35.1 Å². The molecule has 0 aliphatic carbocycles. The number of hydrogen-bond acceptors (Lipinski definition) is 3. The summed E-state index contributed by atoms with van der Waals surface area (Å²) in [6, 6.07) is 5.96. The molecule has 2 rings (SSSR count). The molecule has 0 spiro atoms. The summed E-state index contributed by atoms with van der Waals surface area (Å²) in [5.74, 6) is 1.76. The summed E-state index contributed by atoms with van der Waals surface area (Å²) in [6.07, 6.45) is -4.38. The van der Waals surface area contributed by atoms with Crippen LogP contribution in [-0.4, -0.2) is 15.7 Å². The van der Waals surface area contributed by atoms with Crippen molar-refractivity contribution in [2.45, 2.75) is 18.9 Å². The van der Waals surface area contributed by atoms with Crippen molar-refractivity contribution >= 4 is 11.8 Å². The molecule has 0 aliphatic heterocycles. The molecule has 21 heavy (non-hydrogen) atoms. The molecule has 0 bridgehead atoms. The fraction of sp³-hybridized carbons (Fsp3) is 0.286. The van der Waals surface area contributed by atoms with E-state index in [2.05, 4.69) is 9.97 Å². The molecule has 0 saturated heterocycles. The molecular formula is C14H13F3N2OS. The Morgan fingerprint density at radius 2 is 1.90 bits per heavy atom. The van der Waals surface area contributed by atoms with Crippen LogP contribution >= 0.6 is 11.8 Å². The molecule has 2 aromatic rings. The van der Waals surface area contributed by atoms with E-state index >= 15 is 0 Å². The predicted octanol–water partition coefficient (Wildman–Crippen LogP) is 3.71. The first-order valence-corrected chi connectivity index (χ1v) is 7.41. The second-order valence-electron chi connectivity index (χ2n) is 4.30. The van der Waals surface area contributed by atoms with E-state index in [1.54, 1.807) is 11.8 Å². The maximum absolute atomic E-state index is 12.5. The van der Waals surface area contributed by atoms with E-state index in [0.717, 1.165) is 17.9 Å². The number of halogens is 3. The second-order valence-corrected chi connectivity index (χ2v) is 5.57. The van der Waals surface area contributed by atoms with Gasteiger partial charge in [-0.3, -0.25) is 4.79 Å². The van der Waals surface area contributed by atoms with Crippen LogP contribution in [0.5, 0.6) is 0 Å². The third-order valence-corrected chi connectivity index (χ3v) is 3.64. The Morgan fingerprint density at radius 3 is 2.48 bits per heavy atom. The van der Waals surface area contributed by atoms with Crippen molar-refractivity contribution in [1.29, 1.82) is 0 Å². The number of hydrogen-bond donors (Lipinski definition) is 1. The van der Waals surface area contributed by atoms with Crippen LogP contribution in [0, 0.1) is 0 Å². The fourth-order valence-corrected chi connectivity index (χ4v) is 2.30. The molecule has 0 amide bonds. The van der Waals surface area contributed by atoms with Crippen LogP contribution in [-0.2, 0) is 11.9 Å². The largest absolute Gasteiger partial charge is 0.416 e. The van der Waals surface area contributed by atoms with Gasteiger partial charge < -0.3 is 4.98 Å². The predicted molar refractivity (Wildman–Crippen MR) is 77.1 cm³/mol. The summed E-state index contributed by atoms with van der Waals surface area (Å²) in [5, 5.41) is 0. The van der Waals surface area contributed by atoms with Crippen molar-refractivity contribution in [2.75, 3.05) is 5.75 Å². The lowest BCUT2D eigenvalue weighted by Gasteiger charge is -2.08. The van der Waals surface area contributed by atoms with Crippen molar-refractivity contribution in [3.05, 3.63) is 51.9 Å². The highest BCUT2D eigenvalue weighted by Gasteiger charge is 2.30. The zero-order valence-corrected chi connectivity index (χ0v) is 12.0. The number of aromatic nitrogens is 2. The van der Waals surface area contributed by atoms with Gasteiger partial charge in [0.25, 0.3) is 5.56 Å². The van der Waals surface area contributed by atoms with Crippen molar-refractivity contribution in [2.24, 2.45) is 0 Å². The molecule has 0 radical (unpaired) electrons. The molecular weight excluding hydrogens is 301 g/mol. The van der Waals surface area contributed by atoms with Gasteiger partial charge in [0.2, 0.25) is 0 Å². The molecule has 1 heterocycles. The van der Waals surface area contributed by atoms with E-state index in [0.29, 0.717) is 17.0 Å². The quantitative estimate of drug-likeness (QED) is 0.936. The summed E-state index contributed by atoms with van der Waals surface area (Å²) in [5.41, 5.74) is 0.0156. The van der Waals surface area contributed by atoms with Gasteiger partial charge in [-0.1, -0.05) is 19.1 Å². The third kappa shape index (κ3) is 4.10. The lowest BCUT2D eigenvalue weighted by Crippen LogP contribution is -2.10. The summed E-state index contributed by atoms with van der Waals surface area (Å²) in [4.78, 5) is 18.4. The first-order chi connectivity index (χ1) is 9.90. The fourth-order valence-electron chi connectivity index (χ4n) is 1.74. The Kier molecular flexibility index (Phi) is 4.72. The van der Waals surface area contributed by atoms with Gasteiger partial charge in [0, 0.05) is 17.4 Å². The minimum atomic E-state index is -4.38. The van der Waals surface area contributed by atoms with Gasteiger partial charge in [-0.25, -0.2) is 4.98 Å². The molecule has 1 aromatic carbocycles. The van der Waals surface area contributed by atoms with Crippen molar-refractivity contribution in [3.63, 3.8) is 0 Å². The van der Waals surface area contributed by atoms with Crippen molar-refractivity contribution < 1.29 is 13.2 Å². The Morgan fingerprint density at radius 1 is 1.24 bits per heavy atom. The SMILES string of the molecule is CCSCc1cc(=O)[nH]c(-c2ccc(C(F)(F)F)cc2)n1. The van der Waals surface area contributed by atoms with Gasteiger partial charge in [-0.15, -0.1) is 0 Å². The van der Waals surface area contributed by atoms with Crippen LogP contribution in [0.3, 0.4) is 0 Å². The number of H-pyrrole nitrogens is 1. The number of nitrogens with zero attached hydrogens (tertiary/aromatic N) is 1. The van der Waals surface area contributed by atoms with Crippen LogP contribution in [0.2, 0.25) is 0 Å². The number of aromatic amines is 1.